The van der Waals surface area contributed by atoms with Crippen LogP contribution in [0.25, 0.3) is 0 Å². The van der Waals surface area contributed by atoms with Crippen LogP contribution in [0.15, 0.2) is 24.3 Å². The number of benzene rings is 1. The molecule has 0 aliphatic rings. The highest BCUT2D eigenvalue weighted by molar-refractivity contribution is 6.03. The van der Waals surface area contributed by atoms with Gasteiger partial charge in [0.05, 0.1) is 11.3 Å². The summed E-state index contributed by atoms with van der Waals surface area (Å²) < 4.78 is 0. The molecule has 1 aromatic rings. The number of primary amides is 1. The number of hydrogen-bond donors (Lipinski definition) is 3. The van der Waals surface area contributed by atoms with Crippen molar-refractivity contribution in [2.24, 2.45) is 11.7 Å². The zero-order valence-electron chi connectivity index (χ0n) is 10.4. The topological polar surface area (TPSA) is 84.2 Å². The fourth-order valence-electron chi connectivity index (χ4n) is 1.46. The van der Waals surface area contributed by atoms with Gasteiger partial charge >= 0.3 is 0 Å². The smallest absolute Gasteiger partial charge is 0.250 e. The van der Waals surface area contributed by atoms with Crippen molar-refractivity contribution in [1.29, 1.82) is 0 Å². The fraction of sp³-hybridized carbons (Fsp3) is 0.333. The number of hydrogen-bond acceptors (Lipinski definition) is 3. The lowest BCUT2D eigenvalue weighted by atomic mass is 10.1. The first-order valence-corrected chi connectivity index (χ1v) is 5.40. The van der Waals surface area contributed by atoms with E-state index >= 15 is 0 Å². The summed E-state index contributed by atoms with van der Waals surface area (Å²) >= 11 is 0. The van der Waals surface area contributed by atoms with Gasteiger partial charge in [-0.15, -0.1) is 12.4 Å². The van der Waals surface area contributed by atoms with Crippen LogP contribution in [0, 0.1) is 5.92 Å². The van der Waals surface area contributed by atoms with Gasteiger partial charge in [-0.1, -0.05) is 19.1 Å². The minimum absolute atomic E-state index is 0. The molecule has 0 radical (unpaired) electrons. The Morgan fingerprint density at radius 1 is 1.33 bits per heavy atom. The summed E-state index contributed by atoms with van der Waals surface area (Å²) in [6.07, 6.45) is 0. The van der Waals surface area contributed by atoms with Crippen molar-refractivity contribution in [3.8, 4) is 0 Å². The molecule has 1 rings (SSSR count). The largest absolute Gasteiger partial charge is 0.366 e. The summed E-state index contributed by atoms with van der Waals surface area (Å²) in [4.78, 5) is 22.9. The van der Waals surface area contributed by atoms with Crippen molar-refractivity contribution in [3.63, 3.8) is 0 Å². The number of carbonyl (C=O) groups excluding carboxylic acids is 2. The van der Waals surface area contributed by atoms with E-state index in [9.17, 15) is 9.59 Å². The Labute approximate surface area is 113 Å². The van der Waals surface area contributed by atoms with Gasteiger partial charge in [-0.3, -0.25) is 9.59 Å². The molecule has 5 nitrogen and oxygen atoms in total. The molecule has 2 amide bonds. The maximum Gasteiger partial charge on any atom is 0.250 e. The number of para-hydroxylation sites is 1. The predicted molar refractivity (Wildman–Crippen MR) is 73.9 cm³/mol. The molecule has 1 aromatic carbocycles. The van der Waals surface area contributed by atoms with Gasteiger partial charge in [-0.05, 0) is 19.2 Å². The Bertz CT molecular complexity index is 424. The lowest BCUT2D eigenvalue weighted by molar-refractivity contribution is -0.119. The zero-order valence-corrected chi connectivity index (χ0v) is 11.2. The molecule has 18 heavy (non-hydrogen) atoms. The van der Waals surface area contributed by atoms with Crippen molar-refractivity contribution in [1.82, 2.24) is 5.32 Å². The number of nitrogens with one attached hydrogen (secondary N) is 2. The van der Waals surface area contributed by atoms with E-state index in [2.05, 4.69) is 10.6 Å². The number of halogens is 1. The van der Waals surface area contributed by atoms with Crippen molar-refractivity contribution in [2.75, 3.05) is 18.9 Å². The first-order valence-electron chi connectivity index (χ1n) is 5.40. The lowest BCUT2D eigenvalue weighted by Gasteiger charge is -2.13. The number of amides is 2. The molecule has 6 heteroatoms. The molecule has 0 spiro atoms. The zero-order chi connectivity index (χ0) is 12.8. The van der Waals surface area contributed by atoms with E-state index < -0.39 is 5.91 Å². The molecule has 0 aliphatic carbocycles. The van der Waals surface area contributed by atoms with E-state index in [-0.39, 0.29) is 24.2 Å². The predicted octanol–water partition coefficient (Wildman–Crippen LogP) is 1.00. The van der Waals surface area contributed by atoms with Gasteiger partial charge in [0.15, 0.2) is 0 Å². The number of nitrogens with two attached hydrogens (primary N) is 1. The van der Waals surface area contributed by atoms with E-state index in [1.165, 1.54) is 0 Å². The molecular weight excluding hydrogens is 254 g/mol. The van der Waals surface area contributed by atoms with Crippen molar-refractivity contribution in [3.05, 3.63) is 29.8 Å². The first kappa shape index (κ1) is 16.4. The summed E-state index contributed by atoms with van der Waals surface area (Å²) in [5.41, 5.74) is 5.99. The molecule has 0 saturated heterocycles. The van der Waals surface area contributed by atoms with Gasteiger partial charge in [0.25, 0.3) is 5.91 Å². The van der Waals surface area contributed by atoms with Gasteiger partial charge in [0.2, 0.25) is 5.91 Å². The minimum atomic E-state index is -0.554. The molecule has 0 heterocycles. The normalized spacial score (nSPS) is 11.2. The van der Waals surface area contributed by atoms with E-state index in [0.717, 1.165) is 0 Å². The van der Waals surface area contributed by atoms with E-state index in [4.69, 9.17) is 5.73 Å². The van der Waals surface area contributed by atoms with Crippen LogP contribution >= 0.6 is 12.4 Å². The molecule has 0 aliphatic heterocycles. The summed E-state index contributed by atoms with van der Waals surface area (Å²) in [5, 5.41) is 5.62. The molecule has 0 saturated carbocycles. The molecule has 0 fully saturated rings. The van der Waals surface area contributed by atoms with Crippen LogP contribution in [0.1, 0.15) is 17.3 Å². The maximum atomic E-state index is 11.8. The van der Waals surface area contributed by atoms with Gasteiger partial charge in [-0.2, -0.15) is 0 Å². The van der Waals surface area contributed by atoms with Crippen LogP contribution in [0.5, 0.6) is 0 Å². The van der Waals surface area contributed by atoms with Crippen LogP contribution in [0.2, 0.25) is 0 Å². The van der Waals surface area contributed by atoms with Gasteiger partial charge < -0.3 is 16.4 Å². The second kappa shape index (κ2) is 7.68. The first-order chi connectivity index (χ1) is 8.06. The molecule has 4 N–H and O–H groups in total. The summed E-state index contributed by atoms with van der Waals surface area (Å²) in [6, 6.07) is 6.68. The molecule has 0 bridgehead atoms. The molecule has 1 unspecified atom stereocenters. The average Bonchev–Trinajstić information content (AvgIpc) is 2.29. The summed E-state index contributed by atoms with van der Waals surface area (Å²) in [6.45, 7) is 2.38. The van der Waals surface area contributed by atoms with Crippen molar-refractivity contribution < 1.29 is 9.59 Å². The second-order valence-electron chi connectivity index (χ2n) is 3.86. The van der Waals surface area contributed by atoms with Crippen LogP contribution in [0.4, 0.5) is 5.69 Å². The summed E-state index contributed by atoms with van der Waals surface area (Å²) in [5.74, 6) is -0.879. The molecule has 0 aromatic heterocycles. The highest BCUT2D eigenvalue weighted by Gasteiger charge is 2.14. The Balaban J connectivity index is 0.00000289. The standard InChI is InChI=1S/C12H17N3O2.ClH/c1-8(7-14-2)12(17)15-10-6-4-3-5-9(10)11(13)16;/h3-6,8,14H,7H2,1-2H3,(H2,13,16)(H,15,17);1H. The fourth-order valence-corrected chi connectivity index (χ4v) is 1.46. The van der Waals surface area contributed by atoms with Gasteiger partial charge in [0, 0.05) is 12.5 Å². The third-order valence-electron chi connectivity index (χ3n) is 2.41. The third-order valence-corrected chi connectivity index (χ3v) is 2.41. The number of anilines is 1. The van der Waals surface area contributed by atoms with E-state index in [1.54, 1.807) is 38.2 Å². The number of rotatable bonds is 5. The monoisotopic (exact) mass is 271 g/mol. The summed E-state index contributed by atoms with van der Waals surface area (Å²) in [7, 11) is 1.78. The van der Waals surface area contributed by atoms with Gasteiger partial charge in [0.1, 0.15) is 0 Å². The van der Waals surface area contributed by atoms with E-state index in [0.29, 0.717) is 17.8 Å². The highest BCUT2D eigenvalue weighted by atomic mass is 35.5. The van der Waals surface area contributed by atoms with Crippen molar-refractivity contribution in [2.45, 2.75) is 6.92 Å². The quantitative estimate of drug-likeness (QED) is 0.747. The third kappa shape index (κ3) is 4.35. The van der Waals surface area contributed by atoms with Crippen LogP contribution in [-0.4, -0.2) is 25.4 Å². The Kier molecular flexibility index (Phi) is 7.00. The SMILES string of the molecule is CNCC(C)C(=O)Nc1ccccc1C(N)=O.Cl. The second-order valence-corrected chi connectivity index (χ2v) is 3.86. The van der Waals surface area contributed by atoms with Crippen LogP contribution in [0.3, 0.4) is 0 Å². The number of carbonyl (C=O) groups is 2. The molecular formula is C12H18ClN3O2. The lowest BCUT2D eigenvalue weighted by Crippen LogP contribution is -2.29. The van der Waals surface area contributed by atoms with Crippen molar-refractivity contribution >= 4 is 29.9 Å². The maximum absolute atomic E-state index is 11.8. The minimum Gasteiger partial charge on any atom is -0.366 e. The average molecular weight is 272 g/mol. The van der Waals surface area contributed by atoms with Crippen LogP contribution in [-0.2, 0) is 4.79 Å². The molecule has 100 valence electrons. The van der Waals surface area contributed by atoms with Crippen LogP contribution < -0.4 is 16.4 Å². The Hall–Kier alpha value is -1.59. The van der Waals surface area contributed by atoms with E-state index in [1.807, 2.05) is 0 Å². The molecule has 1 atom stereocenters. The Morgan fingerprint density at radius 3 is 2.50 bits per heavy atom. The van der Waals surface area contributed by atoms with Gasteiger partial charge in [-0.25, -0.2) is 0 Å². The highest BCUT2D eigenvalue weighted by Crippen LogP contribution is 2.15. The Morgan fingerprint density at radius 2 is 1.94 bits per heavy atom.